The van der Waals surface area contributed by atoms with E-state index >= 15 is 0 Å². The van der Waals surface area contributed by atoms with Crippen LogP contribution in [-0.4, -0.2) is 27.3 Å². The summed E-state index contributed by atoms with van der Waals surface area (Å²) in [6.45, 7) is 0.0806. The maximum Gasteiger partial charge on any atom is 0.240 e. The van der Waals surface area contributed by atoms with Gasteiger partial charge < -0.3 is 4.74 Å². The molecule has 1 saturated heterocycles. The molecule has 7 nitrogen and oxygen atoms in total. The Balaban J connectivity index is 1.75. The SMILES string of the molecule is COc1ccccc1CNS(=O)(=O)c1ccc(N2C(=O)CCCC2=O)cc1. The number of rotatable bonds is 6. The van der Waals surface area contributed by atoms with Crippen LogP contribution in [0.4, 0.5) is 5.69 Å². The molecule has 0 aromatic heterocycles. The molecule has 0 aliphatic carbocycles. The lowest BCUT2D eigenvalue weighted by atomic mass is 10.1. The van der Waals surface area contributed by atoms with Gasteiger partial charge >= 0.3 is 0 Å². The number of imide groups is 1. The van der Waals surface area contributed by atoms with Crippen LogP contribution in [0.25, 0.3) is 0 Å². The quantitative estimate of drug-likeness (QED) is 0.766. The molecule has 1 aliphatic heterocycles. The van der Waals surface area contributed by atoms with E-state index in [2.05, 4.69) is 4.72 Å². The molecule has 0 radical (unpaired) electrons. The standard InChI is InChI=1S/C19H20N2O5S/c1-26-17-6-3-2-5-14(17)13-20-27(24,25)16-11-9-15(10-12-16)21-18(22)7-4-8-19(21)23/h2-3,5-6,9-12,20H,4,7-8,13H2,1H3. The summed E-state index contributed by atoms with van der Waals surface area (Å²) in [5.41, 5.74) is 1.10. The minimum absolute atomic E-state index is 0.0538. The second-order valence-corrected chi connectivity index (χ2v) is 7.87. The van der Waals surface area contributed by atoms with Crippen molar-refractivity contribution in [2.75, 3.05) is 12.0 Å². The van der Waals surface area contributed by atoms with Gasteiger partial charge in [-0.15, -0.1) is 0 Å². The Bertz CT molecular complexity index is 938. The van der Waals surface area contributed by atoms with E-state index < -0.39 is 10.0 Å². The van der Waals surface area contributed by atoms with Crippen molar-refractivity contribution in [2.45, 2.75) is 30.7 Å². The van der Waals surface area contributed by atoms with Crippen LogP contribution >= 0.6 is 0 Å². The van der Waals surface area contributed by atoms with Gasteiger partial charge in [0.25, 0.3) is 0 Å². The fourth-order valence-electron chi connectivity index (χ4n) is 2.92. The highest BCUT2D eigenvalue weighted by Crippen LogP contribution is 2.24. The molecular formula is C19H20N2O5S. The predicted octanol–water partition coefficient (Wildman–Crippen LogP) is 2.22. The molecule has 27 heavy (non-hydrogen) atoms. The van der Waals surface area contributed by atoms with Crippen LogP contribution < -0.4 is 14.4 Å². The smallest absolute Gasteiger partial charge is 0.240 e. The van der Waals surface area contributed by atoms with Gasteiger partial charge in [-0.2, -0.15) is 0 Å². The summed E-state index contributed by atoms with van der Waals surface area (Å²) in [4.78, 5) is 25.1. The molecule has 3 rings (SSSR count). The van der Waals surface area contributed by atoms with Crippen LogP contribution in [-0.2, 0) is 26.2 Å². The molecule has 8 heteroatoms. The van der Waals surface area contributed by atoms with E-state index in [0.717, 1.165) is 4.90 Å². The van der Waals surface area contributed by atoms with Crippen molar-refractivity contribution in [3.8, 4) is 5.75 Å². The summed E-state index contributed by atoms with van der Waals surface area (Å²) in [7, 11) is -2.23. The summed E-state index contributed by atoms with van der Waals surface area (Å²) in [6, 6.07) is 12.8. The number of carbonyl (C=O) groups excluding carboxylic acids is 2. The van der Waals surface area contributed by atoms with Gasteiger partial charge in [0.15, 0.2) is 0 Å². The maximum atomic E-state index is 12.5. The lowest BCUT2D eigenvalue weighted by Gasteiger charge is -2.24. The molecule has 0 saturated carbocycles. The predicted molar refractivity (Wildman–Crippen MR) is 99.8 cm³/mol. The fourth-order valence-corrected chi connectivity index (χ4v) is 3.93. The molecule has 1 N–H and O–H groups in total. The molecule has 1 aliphatic rings. The highest BCUT2D eigenvalue weighted by molar-refractivity contribution is 7.89. The number of para-hydroxylation sites is 1. The highest BCUT2D eigenvalue weighted by atomic mass is 32.2. The zero-order valence-corrected chi connectivity index (χ0v) is 15.7. The van der Waals surface area contributed by atoms with E-state index in [9.17, 15) is 18.0 Å². The molecule has 1 heterocycles. The molecule has 0 unspecified atom stereocenters. The van der Waals surface area contributed by atoms with Crippen molar-refractivity contribution >= 4 is 27.5 Å². The molecule has 2 aromatic rings. The second-order valence-electron chi connectivity index (χ2n) is 6.11. The van der Waals surface area contributed by atoms with Crippen molar-refractivity contribution in [1.82, 2.24) is 4.72 Å². The number of methoxy groups -OCH3 is 1. The van der Waals surface area contributed by atoms with Crippen LogP contribution in [0.5, 0.6) is 5.75 Å². The average Bonchev–Trinajstić information content (AvgIpc) is 2.67. The maximum absolute atomic E-state index is 12.5. The lowest BCUT2D eigenvalue weighted by Crippen LogP contribution is -2.40. The van der Waals surface area contributed by atoms with Crippen molar-refractivity contribution in [3.63, 3.8) is 0 Å². The van der Waals surface area contributed by atoms with Gasteiger partial charge in [0.05, 0.1) is 17.7 Å². The Hall–Kier alpha value is -2.71. The summed E-state index contributed by atoms with van der Waals surface area (Å²) in [5.74, 6) is 0.0602. The minimum atomic E-state index is -3.75. The number of carbonyl (C=O) groups is 2. The van der Waals surface area contributed by atoms with Crippen LogP contribution in [0, 0.1) is 0 Å². The van der Waals surface area contributed by atoms with Gasteiger partial charge in [-0.1, -0.05) is 18.2 Å². The first-order chi connectivity index (χ1) is 12.9. The number of ether oxygens (including phenoxy) is 1. The number of hydrogen-bond acceptors (Lipinski definition) is 5. The third-order valence-electron chi connectivity index (χ3n) is 4.33. The summed E-state index contributed by atoms with van der Waals surface area (Å²) >= 11 is 0. The van der Waals surface area contributed by atoms with Gasteiger partial charge in [-0.25, -0.2) is 13.1 Å². The first-order valence-electron chi connectivity index (χ1n) is 8.50. The Morgan fingerprint density at radius 2 is 1.63 bits per heavy atom. The molecule has 142 valence electrons. The van der Waals surface area contributed by atoms with Crippen molar-refractivity contribution in [2.24, 2.45) is 0 Å². The monoisotopic (exact) mass is 388 g/mol. The molecule has 0 atom stereocenters. The number of sulfonamides is 1. The number of anilines is 1. The number of nitrogens with zero attached hydrogens (tertiary/aromatic N) is 1. The van der Waals surface area contributed by atoms with Crippen LogP contribution in [0.1, 0.15) is 24.8 Å². The Morgan fingerprint density at radius 1 is 1.00 bits per heavy atom. The number of benzene rings is 2. The normalized spacial score (nSPS) is 15.1. The van der Waals surface area contributed by atoms with Gasteiger partial charge in [-0.05, 0) is 36.8 Å². The molecule has 2 aromatic carbocycles. The van der Waals surface area contributed by atoms with Crippen molar-refractivity contribution in [1.29, 1.82) is 0 Å². The van der Waals surface area contributed by atoms with Crippen LogP contribution in [0.3, 0.4) is 0 Å². The lowest BCUT2D eigenvalue weighted by molar-refractivity contribution is -0.129. The second kappa shape index (κ2) is 7.89. The zero-order chi connectivity index (χ0) is 19.4. The number of piperidine rings is 1. The molecule has 2 amide bonds. The highest BCUT2D eigenvalue weighted by Gasteiger charge is 2.27. The van der Waals surface area contributed by atoms with E-state index in [1.807, 2.05) is 0 Å². The van der Waals surface area contributed by atoms with Gasteiger partial charge in [0.2, 0.25) is 21.8 Å². The van der Waals surface area contributed by atoms with E-state index in [1.54, 1.807) is 24.3 Å². The fraction of sp³-hybridized carbons (Fsp3) is 0.263. The minimum Gasteiger partial charge on any atom is -0.496 e. The zero-order valence-electron chi connectivity index (χ0n) is 14.8. The van der Waals surface area contributed by atoms with Crippen molar-refractivity contribution < 1.29 is 22.7 Å². The van der Waals surface area contributed by atoms with E-state index in [-0.39, 0.29) is 23.3 Å². The van der Waals surface area contributed by atoms with Crippen LogP contribution in [0.2, 0.25) is 0 Å². The van der Waals surface area contributed by atoms with Gasteiger partial charge in [-0.3, -0.25) is 14.5 Å². The largest absolute Gasteiger partial charge is 0.496 e. The van der Waals surface area contributed by atoms with E-state index in [1.165, 1.54) is 31.4 Å². The van der Waals surface area contributed by atoms with Gasteiger partial charge in [0, 0.05) is 24.9 Å². The number of nitrogens with one attached hydrogen (secondary N) is 1. The summed E-state index contributed by atoms with van der Waals surface area (Å²) in [6.07, 6.45) is 1.17. The first-order valence-corrected chi connectivity index (χ1v) is 9.98. The number of amides is 2. The van der Waals surface area contributed by atoms with Crippen molar-refractivity contribution in [3.05, 3.63) is 54.1 Å². The summed E-state index contributed by atoms with van der Waals surface area (Å²) in [5, 5.41) is 0. The average molecular weight is 388 g/mol. The molecular weight excluding hydrogens is 368 g/mol. The van der Waals surface area contributed by atoms with E-state index in [0.29, 0.717) is 36.3 Å². The Labute approximate surface area is 158 Å². The van der Waals surface area contributed by atoms with E-state index in [4.69, 9.17) is 4.74 Å². The molecule has 0 spiro atoms. The number of hydrogen-bond donors (Lipinski definition) is 1. The Kier molecular flexibility index (Phi) is 5.57. The summed E-state index contributed by atoms with van der Waals surface area (Å²) < 4.78 is 32.8. The first kappa shape index (κ1) is 19.1. The third-order valence-corrected chi connectivity index (χ3v) is 5.75. The van der Waals surface area contributed by atoms with Gasteiger partial charge in [0.1, 0.15) is 5.75 Å². The third kappa shape index (κ3) is 4.17. The molecule has 0 bridgehead atoms. The topological polar surface area (TPSA) is 92.8 Å². The Morgan fingerprint density at radius 3 is 2.26 bits per heavy atom. The molecule has 1 fully saturated rings. The van der Waals surface area contributed by atoms with Crippen LogP contribution in [0.15, 0.2) is 53.4 Å².